The number of carbonyl (C=O) groups is 3. The number of hydrogen-bond acceptors (Lipinski definition) is 7. The van der Waals surface area contributed by atoms with Crippen molar-refractivity contribution in [3.63, 3.8) is 0 Å². The number of ether oxygens (including phenoxy) is 2. The second-order valence-electron chi connectivity index (χ2n) is 8.90. The third-order valence-electron chi connectivity index (χ3n) is 6.46. The van der Waals surface area contributed by atoms with Gasteiger partial charge in [0, 0.05) is 53.6 Å². The molecular weight excluding hydrogens is 488 g/mol. The molecule has 0 aromatic heterocycles. The van der Waals surface area contributed by atoms with Gasteiger partial charge in [0.25, 0.3) is 11.8 Å². The van der Waals surface area contributed by atoms with E-state index in [4.69, 9.17) is 9.47 Å². The van der Waals surface area contributed by atoms with Crippen LogP contribution in [0.1, 0.15) is 50.2 Å². The van der Waals surface area contributed by atoms with Gasteiger partial charge in [-0.1, -0.05) is 12.6 Å². The Hall–Kier alpha value is -5.01. The van der Waals surface area contributed by atoms with Crippen molar-refractivity contribution in [1.29, 1.82) is 0 Å². The Kier molecular flexibility index (Phi) is 6.36. The highest BCUT2D eigenvalue weighted by Crippen LogP contribution is 2.57. The third kappa shape index (κ3) is 4.25. The predicted octanol–water partition coefficient (Wildman–Crippen LogP) is 3.63. The van der Waals surface area contributed by atoms with Crippen molar-refractivity contribution in [3.05, 3.63) is 101 Å². The monoisotopic (exact) mass is 512 g/mol. The maximum Gasteiger partial charge on any atom is 0.340 e. The highest BCUT2D eigenvalue weighted by molar-refractivity contribution is 6.01. The topological polar surface area (TPSA) is 134 Å². The van der Waals surface area contributed by atoms with Gasteiger partial charge in [-0.3, -0.25) is 9.59 Å². The zero-order valence-electron chi connectivity index (χ0n) is 20.2. The van der Waals surface area contributed by atoms with Crippen LogP contribution in [-0.2, 0) is 15.1 Å². The molecule has 0 aliphatic carbocycles. The summed E-state index contributed by atoms with van der Waals surface area (Å²) >= 11 is 0. The number of esters is 1. The fourth-order valence-corrected chi connectivity index (χ4v) is 4.76. The fraction of sp³-hybridized carbons (Fsp3) is 0.172. The summed E-state index contributed by atoms with van der Waals surface area (Å²) in [5, 5.41) is 25.6. The van der Waals surface area contributed by atoms with Gasteiger partial charge in [-0.05, 0) is 49.2 Å². The molecule has 0 radical (unpaired) electrons. The molecule has 0 fully saturated rings. The Balaban J connectivity index is 1.39. The third-order valence-corrected chi connectivity index (χ3v) is 6.46. The van der Waals surface area contributed by atoms with E-state index in [0.29, 0.717) is 48.2 Å². The van der Waals surface area contributed by atoms with Gasteiger partial charge >= 0.3 is 5.97 Å². The number of unbranched alkanes of at least 4 members (excludes halogenated alkanes) is 1. The van der Waals surface area contributed by atoms with Crippen molar-refractivity contribution in [3.8, 4) is 23.0 Å². The quantitative estimate of drug-likeness (QED) is 0.164. The molecule has 3 aromatic rings. The van der Waals surface area contributed by atoms with Crippen LogP contribution in [0, 0.1) is 0 Å². The maximum absolute atomic E-state index is 13.2. The van der Waals surface area contributed by atoms with Gasteiger partial charge in [0.2, 0.25) is 0 Å². The van der Waals surface area contributed by atoms with Crippen molar-refractivity contribution < 1.29 is 34.1 Å². The van der Waals surface area contributed by atoms with Gasteiger partial charge in [-0.15, -0.1) is 5.73 Å². The summed E-state index contributed by atoms with van der Waals surface area (Å²) in [5.41, 5.74) is 3.09. The first-order valence-corrected chi connectivity index (χ1v) is 12.0. The highest BCUT2D eigenvalue weighted by atomic mass is 16.6. The minimum absolute atomic E-state index is 0.0324. The van der Waals surface area contributed by atoms with Crippen molar-refractivity contribution in [1.82, 2.24) is 10.6 Å². The molecule has 9 heteroatoms. The first-order valence-electron chi connectivity index (χ1n) is 12.0. The molecule has 0 unspecified atom stereocenters. The summed E-state index contributed by atoms with van der Waals surface area (Å²) in [6, 6.07) is 13.8. The SMILES string of the molecule is C=C=CC(=O)NCCCCNC(=O)c1ccc2c(c1)C(=O)OC21c2ccc(O)cc2Oc2cc(O)ccc21. The number of nitrogens with one attached hydrogen (secondary N) is 2. The van der Waals surface area contributed by atoms with Gasteiger partial charge in [0.15, 0.2) is 5.60 Å². The summed E-state index contributed by atoms with van der Waals surface area (Å²) in [7, 11) is 0. The van der Waals surface area contributed by atoms with Crippen LogP contribution in [-0.4, -0.2) is 41.1 Å². The number of amides is 2. The lowest BCUT2D eigenvalue weighted by Crippen LogP contribution is -2.33. The Morgan fingerprint density at radius 1 is 0.895 bits per heavy atom. The highest BCUT2D eigenvalue weighted by Gasteiger charge is 2.53. The molecule has 192 valence electrons. The molecule has 0 atom stereocenters. The van der Waals surface area contributed by atoms with Crippen molar-refractivity contribution >= 4 is 17.8 Å². The minimum atomic E-state index is -1.38. The number of aromatic hydroxyl groups is 2. The number of benzene rings is 3. The second-order valence-corrected chi connectivity index (χ2v) is 8.90. The van der Waals surface area contributed by atoms with E-state index in [1.165, 1.54) is 36.4 Å². The van der Waals surface area contributed by atoms with E-state index in [1.54, 1.807) is 24.3 Å². The summed E-state index contributed by atoms with van der Waals surface area (Å²) in [5.74, 6) is -0.730. The molecule has 2 aliphatic heterocycles. The molecule has 2 amide bonds. The number of phenolic OH excluding ortho intramolecular Hbond substituents is 2. The van der Waals surface area contributed by atoms with Gasteiger partial charge in [-0.25, -0.2) is 4.79 Å². The van der Waals surface area contributed by atoms with Crippen LogP contribution >= 0.6 is 0 Å². The second kappa shape index (κ2) is 9.80. The molecule has 2 heterocycles. The standard InChI is InChI=1S/C29H24N2O7/c1-2-5-26(34)30-12-3-4-13-31-27(35)17-6-9-21-20(14-17)28(36)38-29(21)22-10-7-18(32)15-24(22)37-25-16-19(33)8-11-23(25)29/h5-11,14-16,32-33H,1,3-4,12-13H2,(H,30,34)(H,31,35). The molecular formula is C29H24N2O7. The van der Waals surface area contributed by atoms with Crippen LogP contribution in [0.3, 0.4) is 0 Å². The normalized spacial score (nSPS) is 13.7. The lowest BCUT2D eigenvalue weighted by Gasteiger charge is -2.36. The summed E-state index contributed by atoms with van der Waals surface area (Å²) in [4.78, 5) is 37.3. The molecule has 2 aliphatic rings. The molecule has 4 N–H and O–H groups in total. The largest absolute Gasteiger partial charge is 0.508 e. The lowest BCUT2D eigenvalue weighted by atomic mass is 9.77. The molecule has 0 bridgehead atoms. The van der Waals surface area contributed by atoms with Crippen molar-refractivity contribution in [2.45, 2.75) is 18.4 Å². The van der Waals surface area contributed by atoms with E-state index in [2.05, 4.69) is 22.9 Å². The smallest absolute Gasteiger partial charge is 0.340 e. The van der Waals surface area contributed by atoms with E-state index in [9.17, 15) is 24.6 Å². The molecule has 9 nitrogen and oxygen atoms in total. The van der Waals surface area contributed by atoms with Crippen molar-refractivity contribution in [2.24, 2.45) is 0 Å². The van der Waals surface area contributed by atoms with Crippen LogP contribution < -0.4 is 15.4 Å². The predicted molar refractivity (Wildman–Crippen MR) is 136 cm³/mol. The first kappa shape index (κ1) is 24.7. The minimum Gasteiger partial charge on any atom is -0.508 e. The maximum atomic E-state index is 13.2. The van der Waals surface area contributed by atoms with E-state index in [0.717, 1.165) is 0 Å². The van der Waals surface area contributed by atoms with E-state index >= 15 is 0 Å². The van der Waals surface area contributed by atoms with E-state index < -0.39 is 11.6 Å². The van der Waals surface area contributed by atoms with E-state index in [1.807, 2.05) is 0 Å². The summed E-state index contributed by atoms with van der Waals surface area (Å²) in [6.07, 6.45) is 2.53. The molecule has 0 saturated carbocycles. The Morgan fingerprint density at radius 2 is 1.50 bits per heavy atom. The lowest BCUT2D eigenvalue weighted by molar-refractivity contribution is -0.116. The van der Waals surface area contributed by atoms with E-state index in [-0.39, 0.29) is 40.4 Å². The van der Waals surface area contributed by atoms with Gasteiger partial charge in [0.1, 0.15) is 23.0 Å². The average Bonchev–Trinajstić information content (AvgIpc) is 3.17. The summed E-state index contributed by atoms with van der Waals surface area (Å²) in [6.45, 7) is 4.19. The van der Waals surface area contributed by atoms with Gasteiger partial charge in [0.05, 0.1) is 5.56 Å². The zero-order valence-corrected chi connectivity index (χ0v) is 20.2. The number of fused-ring (bicyclic) bond motifs is 6. The number of rotatable bonds is 7. The number of carbonyl (C=O) groups excluding carboxylic acids is 3. The fourth-order valence-electron chi connectivity index (χ4n) is 4.76. The Labute approximate surface area is 218 Å². The number of phenols is 2. The van der Waals surface area contributed by atoms with Crippen LogP contribution in [0.5, 0.6) is 23.0 Å². The van der Waals surface area contributed by atoms with Crippen LogP contribution in [0.15, 0.2) is 73.0 Å². The molecule has 5 rings (SSSR count). The summed E-state index contributed by atoms with van der Waals surface area (Å²) < 4.78 is 12.0. The molecule has 1 spiro atoms. The number of hydrogen-bond donors (Lipinski definition) is 4. The van der Waals surface area contributed by atoms with Crippen molar-refractivity contribution in [2.75, 3.05) is 13.1 Å². The molecule has 38 heavy (non-hydrogen) atoms. The first-order chi connectivity index (χ1) is 18.3. The van der Waals surface area contributed by atoms with Crippen LogP contribution in [0.4, 0.5) is 0 Å². The van der Waals surface area contributed by atoms with Crippen LogP contribution in [0.25, 0.3) is 0 Å². The van der Waals surface area contributed by atoms with Crippen LogP contribution in [0.2, 0.25) is 0 Å². The average molecular weight is 513 g/mol. The zero-order chi connectivity index (χ0) is 26.9. The Bertz CT molecular complexity index is 1470. The Morgan fingerprint density at radius 3 is 2.13 bits per heavy atom. The van der Waals surface area contributed by atoms with Gasteiger partial charge < -0.3 is 30.3 Å². The molecule has 3 aromatic carbocycles. The molecule has 0 saturated heterocycles. The van der Waals surface area contributed by atoms with Gasteiger partial charge in [-0.2, -0.15) is 0 Å².